The predicted octanol–water partition coefficient (Wildman–Crippen LogP) is 4.42. The summed E-state index contributed by atoms with van der Waals surface area (Å²) in [6, 6.07) is 12.7. The lowest BCUT2D eigenvalue weighted by Gasteiger charge is -2.26. The first kappa shape index (κ1) is 19.3. The van der Waals surface area contributed by atoms with E-state index in [1.807, 2.05) is 18.2 Å². The lowest BCUT2D eigenvalue weighted by molar-refractivity contribution is -0.124. The Bertz CT molecular complexity index is 899. The Labute approximate surface area is 173 Å². The molecule has 2 amide bonds. The highest BCUT2D eigenvalue weighted by atomic mass is 35.5. The van der Waals surface area contributed by atoms with E-state index in [0.717, 1.165) is 35.5 Å². The van der Waals surface area contributed by atoms with Crippen LogP contribution in [-0.4, -0.2) is 30.3 Å². The summed E-state index contributed by atoms with van der Waals surface area (Å²) in [5.41, 5.74) is 2.16. The van der Waals surface area contributed by atoms with E-state index in [1.54, 1.807) is 36.0 Å². The number of fused-ring (bicyclic) bond motifs is 1. The Morgan fingerprint density at radius 3 is 2.86 bits per heavy atom. The van der Waals surface area contributed by atoms with Crippen molar-refractivity contribution in [2.24, 2.45) is 0 Å². The molecule has 2 atom stereocenters. The van der Waals surface area contributed by atoms with Gasteiger partial charge in [0.25, 0.3) is 11.8 Å². The van der Waals surface area contributed by atoms with Gasteiger partial charge < -0.3 is 15.4 Å². The van der Waals surface area contributed by atoms with Crippen LogP contribution in [0.15, 0.2) is 47.4 Å². The Morgan fingerprint density at radius 1 is 1.14 bits per heavy atom. The van der Waals surface area contributed by atoms with Crippen LogP contribution < -0.4 is 10.6 Å². The first-order chi connectivity index (χ1) is 13.6. The summed E-state index contributed by atoms with van der Waals surface area (Å²) in [5, 5.41) is 6.61. The number of halogens is 1. The minimum Gasteiger partial charge on any atom is -0.368 e. The molecule has 5 nitrogen and oxygen atoms in total. The summed E-state index contributed by atoms with van der Waals surface area (Å²) in [4.78, 5) is 26.2. The number of thioether (sulfide) groups is 1. The van der Waals surface area contributed by atoms with Crippen molar-refractivity contribution >= 4 is 40.9 Å². The zero-order valence-electron chi connectivity index (χ0n) is 15.2. The number of rotatable bonds is 4. The number of carbonyl (C=O) groups excluding carboxylic acids is 2. The van der Waals surface area contributed by atoms with Gasteiger partial charge in [0.15, 0.2) is 0 Å². The third kappa shape index (κ3) is 4.35. The number of hydrogen-bond donors (Lipinski definition) is 2. The highest BCUT2D eigenvalue weighted by molar-refractivity contribution is 7.99. The van der Waals surface area contributed by atoms with Gasteiger partial charge in [-0.3, -0.25) is 9.59 Å². The monoisotopic (exact) mass is 416 g/mol. The standard InChI is InChI=1S/C21H21ClN2O3S/c22-14-6-7-19-16(12-14)17(8-10-28-19)24-20(25)13-3-1-4-15(11-13)23-21(26)18-5-2-9-27-18/h1,3-4,6-7,11-12,17-18H,2,5,8-10H2,(H,23,26)(H,24,25). The largest absolute Gasteiger partial charge is 0.368 e. The maximum Gasteiger partial charge on any atom is 0.253 e. The van der Waals surface area contributed by atoms with E-state index < -0.39 is 6.10 Å². The molecule has 0 bridgehead atoms. The van der Waals surface area contributed by atoms with Crippen molar-refractivity contribution < 1.29 is 14.3 Å². The summed E-state index contributed by atoms with van der Waals surface area (Å²) in [6.45, 7) is 0.617. The van der Waals surface area contributed by atoms with Gasteiger partial charge in [0.05, 0.1) is 6.04 Å². The SMILES string of the molecule is O=C(NC1CCSc2ccc(Cl)cc21)c1cccc(NC(=O)C2CCCO2)c1. The highest BCUT2D eigenvalue weighted by Gasteiger charge is 2.25. The second-order valence-electron chi connectivity index (χ2n) is 6.92. The molecule has 1 saturated heterocycles. The van der Waals surface area contributed by atoms with Crippen LogP contribution in [0.2, 0.25) is 5.02 Å². The van der Waals surface area contributed by atoms with Gasteiger partial charge in [0.2, 0.25) is 0 Å². The van der Waals surface area contributed by atoms with E-state index in [-0.39, 0.29) is 17.9 Å². The van der Waals surface area contributed by atoms with E-state index >= 15 is 0 Å². The molecule has 2 heterocycles. The molecule has 0 spiro atoms. The lowest BCUT2D eigenvalue weighted by atomic mass is 10.0. The molecule has 2 aromatic rings. The topological polar surface area (TPSA) is 67.4 Å². The number of benzene rings is 2. The van der Waals surface area contributed by atoms with Crippen LogP contribution in [0.5, 0.6) is 0 Å². The average Bonchev–Trinajstić information content (AvgIpc) is 3.24. The molecule has 2 aromatic carbocycles. The van der Waals surface area contributed by atoms with Crippen LogP contribution in [0, 0.1) is 0 Å². The van der Waals surface area contributed by atoms with Gasteiger partial charge in [-0.2, -0.15) is 0 Å². The van der Waals surface area contributed by atoms with Crippen molar-refractivity contribution in [3.05, 3.63) is 58.6 Å². The Balaban J connectivity index is 1.46. The fourth-order valence-corrected chi connectivity index (χ4v) is 4.79. The molecule has 2 N–H and O–H groups in total. The zero-order chi connectivity index (χ0) is 19.5. The van der Waals surface area contributed by atoms with Crippen LogP contribution in [0.3, 0.4) is 0 Å². The normalized spacial score (nSPS) is 21.0. The molecule has 7 heteroatoms. The van der Waals surface area contributed by atoms with Gasteiger partial charge in [-0.05, 0) is 61.2 Å². The molecule has 0 saturated carbocycles. The molecular formula is C21H21ClN2O3S. The lowest BCUT2D eigenvalue weighted by Crippen LogP contribution is -2.31. The molecule has 2 aliphatic rings. The molecule has 28 heavy (non-hydrogen) atoms. The fraction of sp³-hybridized carbons (Fsp3) is 0.333. The fourth-order valence-electron chi connectivity index (χ4n) is 3.50. The van der Waals surface area contributed by atoms with Crippen molar-refractivity contribution in [1.82, 2.24) is 5.32 Å². The van der Waals surface area contributed by atoms with Crippen molar-refractivity contribution in [3.8, 4) is 0 Å². The van der Waals surface area contributed by atoms with E-state index in [2.05, 4.69) is 10.6 Å². The van der Waals surface area contributed by atoms with Crippen molar-refractivity contribution in [2.75, 3.05) is 17.7 Å². The quantitative estimate of drug-likeness (QED) is 0.773. The summed E-state index contributed by atoms with van der Waals surface area (Å²) >= 11 is 7.92. The number of nitrogens with one attached hydrogen (secondary N) is 2. The van der Waals surface area contributed by atoms with Gasteiger partial charge >= 0.3 is 0 Å². The minimum atomic E-state index is -0.404. The predicted molar refractivity (Wildman–Crippen MR) is 111 cm³/mol. The third-order valence-corrected chi connectivity index (χ3v) is 6.29. The molecule has 2 unspecified atom stereocenters. The van der Waals surface area contributed by atoms with Gasteiger partial charge in [0.1, 0.15) is 6.10 Å². The molecule has 1 fully saturated rings. The number of hydrogen-bond acceptors (Lipinski definition) is 4. The third-order valence-electron chi connectivity index (χ3n) is 4.93. The van der Waals surface area contributed by atoms with Crippen LogP contribution >= 0.6 is 23.4 Å². The first-order valence-corrected chi connectivity index (χ1v) is 10.7. The van der Waals surface area contributed by atoms with E-state index in [4.69, 9.17) is 16.3 Å². The minimum absolute atomic E-state index is 0.0763. The Morgan fingerprint density at radius 2 is 2.04 bits per heavy atom. The van der Waals surface area contributed by atoms with E-state index in [1.165, 1.54) is 0 Å². The summed E-state index contributed by atoms with van der Waals surface area (Å²) in [6.07, 6.45) is 2.07. The summed E-state index contributed by atoms with van der Waals surface area (Å²) < 4.78 is 5.40. The Kier molecular flexibility index (Phi) is 5.90. The van der Waals surface area contributed by atoms with Gasteiger partial charge in [0, 0.05) is 33.5 Å². The summed E-state index contributed by atoms with van der Waals surface area (Å²) in [5.74, 6) is 0.607. The smallest absolute Gasteiger partial charge is 0.253 e. The highest BCUT2D eigenvalue weighted by Crippen LogP contribution is 2.37. The van der Waals surface area contributed by atoms with Crippen LogP contribution in [-0.2, 0) is 9.53 Å². The second kappa shape index (κ2) is 8.55. The van der Waals surface area contributed by atoms with Gasteiger partial charge in [-0.15, -0.1) is 11.8 Å². The molecule has 4 rings (SSSR count). The molecule has 0 aliphatic carbocycles. The number of carbonyl (C=O) groups is 2. The number of anilines is 1. The Hall–Kier alpha value is -2.02. The zero-order valence-corrected chi connectivity index (χ0v) is 16.8. The molecular weight excluding hydrogens is 396 g/mol. The van der Waals surface area contributed by atoms with Crippen molar-refractivity contribution in [2.45, 2.75) is 36.3 Å². The molecule has 146 valence electrons. The number of amides is 2. The summed E-state index contributed by atoms with van der Waals surface area (Å²) in [7, 11) is 0. The van der Waals surface area contributed by atoms with Crippen molar-refractivity contribution in [3.63, 3.8) is 0 Å². The van der Waals surface area contributed by atoms with Crippen LogP contribution in [0.4, 0.5) is 5.69 Å². The maximum atomic E-state index is 12.8. The van der Waals surface area contributed by atoms with Gasteiger partial charge in [-0.25, -0.2) is 0 Å². The second-order valence-corrected chi connectivity index (χ2v) is 8.49. The van der Waals surface area contributed by atoms with E-state index in [9.17, 15) is 9.59 Å². The molecule has 0 aromatic heterocycles. The van der Waals surface area contributed by atoms with Gasteiger partial charge in [-0.1, -0.05) is 17.7 Å². The van der Waals surface area contributed by atoms with Crippen LogP contribution in [0.1, 0.15) is 41.2 Å². The number of ether oxygens (including phenoxy) is 1. The first-order valence-electron chi connectivity index (χ1n) is 9.36. The molecule has 0 radical (unpaired) electrons. The maximum absolute atomic E-state index is 12.8. The molecule has 2 aliphatic heterocycles. The average molecular weight is 417 g/mol. The van der Waals surface area contributed by atoms with Crippen molar-refractivity contribution in [1.29, 1.82) is 0 Å². The van der Waals surface area contributed by atoms with Crippen LogP contribution in [0.25, 0.3) is 0 Å². The van der Waals surface area contributed by atoms with E-state index in [0.29, 0.717) is 22.9 Å².